The Bertz CT molecular complexity index is 619. The number of Topliss-reactive ketones (excluding diaryl/α,β-unsaturated/α-hetero) is 2. The van der Waals surface area contributed by atoms with Crippen LogP contribution in [-0.2, 0) is 27.2 Å². The average Bonchev–Trinajstić information content (AvgIpc) is 2.85. The van der Waals surface area contributed by atoms with Crippen molar-refractivity contribution in [3.63, 3.8) is 0 Å². The van der Waals surface area contributed by atoms with Gasteiger partial charge in [-0.3, -0.25) is 9.59 Å². The number of esters is 1. The standard InChI is InChI=1S/C16H17NO4/c1-2-21-15(20)12-6-10-7-16(8-11(10)9-17-12)13(18)4-3-5-14(16)19/h6,9H,2-5,7-8H2,1H3. The Hall–Kier alpha value is -2.04. The van der Waals surface area contributed by atoms with Gasteiger partial charge in [0.25, 0.3) is 0 Å². The maximum Gasteiger partial charge on any atom is 0.356 e. The molecule has 0 unspecified atom stereocenters. The first-order valence-corrected chi connectivity index (χ1v) is 7.28. The highest BCUT2D eigenvalue weighted by Crippen LogP contribution is 2.43. The fourth-order valence-electron chi connectivity index (χ4n) is 3.32. The molecule has 1 saturated carbocycles. The first-order valence-electron chi connectivity index (χ1n) is 7.28. The van der Waals surface area contributed by atoms with E-state index in [0.29, 0.717) is 38.7 Å². The van der Waals surface area contributed by atoms with E-state index in [1.165, 1.54) is 0 Å². The van der Waals surface area contributed by atoms with Crippen molar-refractivity contribution in [1.29, 1.82) is 0 Å². The molecule has 21 heavy (non-hydrogen) atoms. The van der Waals surface area contributed by atoms with E-state index in [1.807, 2.05) is 0 Å². The first kappa shape index (κ1) is 13.9. The summed E-state index contributed by atoms with van der Waals surface area (Å²) in [5, 5.41) is 0. The molecular formula is C16H17NO4. The largest absolute Gasteiger partial charge is 0.461 e. The summed E-state index contributed by atoms with van der Waals surface area (Å²) in [6, 6.07) is 1.66. The van der Waals surface area contributed by atoms with Crippen molar-refractivity contribution in [2.75, 3.05) is 6.61 Å². The summed E-state index contributed by atoms with van der Waals surface area (Å²) in [6.07, 6.45) is 4.02. The van der Waals surface area contributed by atoms with Gasteiger partial charge in [-0.15, -0.1) is 0 Å². The molecule has 0 aromatic carbocycles. The minimum Gasteiger partial charge on any atom is -0.461 e. The van der Waals surface area contributed by atoms with Crippen molar-refractivity contribution in [2.45, 2.75) is 39.0 Å². The van der Waals surface area contributed by atoms with Gasteiger partial charge in [0.05, 0.1) is 12.0 Å². The first-order chi connectivity index (χ1) is 10.1. The molecule has 0 amide bonds. The van der Waals surface area contributed by atoms with E-state index in [9.17, 15) is 14.4 Å². The molecule has 0 aliphatic heterocycles. The van der Waals surface area contributed by atoms with Gasteiger partial charge in [-0.2, -0.15) is 0 Å². The Balaban J connectivity index is 1.92. The number of hydrogen-bond donors (Lipinski definition) is 0. The normalized spacial score (nSPS) is 19.7. The Morgan fingerprint density at radius 2 is 1.90 bits per heavy atom. The summed E-state index contributed by atoms with van der Waals surface area (Å²) in [5.41, 5.74) is 1.11. The number of carbonyl (C=O) groups excluding carboxylic acids is 3. The molecule has 1 fully saturated rings. The van der Waals surface area contributed by atoms with Crippen LogP contribution in [0, 0.1) is 5.41 Å². The van der Waals surface area contributed by atoms with Crippen LogP contribution in [0.4, 0.5) is 0 Å². The third-order valence-corrected chi connectivity index (χ3v) is 4.43. The smallest absolute Gasteiger partial charge is 0.356 e. The molecule has 0 saturated heterocycles. The van der Waals surface area contributed by atoms with E-state index in [1.54, 1.807) is 19.2 Å². The Kier molecular flexibility index (Phi) is 3.35. The molecule has 1 heterocycles. The number of ether oxygens (including phenoxy) is 1. The number of pyridine rings is 1. The number of fused-ring (bicyclic) bond motifs is 1. The van der Waals surface area contributed by atoms with Crippen LogP contribution in [0.2, 0.25) is 0 Å². The molecule has 110 valence electrons. The second-order valence-electron chi connectivity index (χ2n) is 5.69. The molecule has 1 aromatic rings. The van der Waals surface area contributed by atoms with Crippen LogP contribution < -0.4 is 0 Å². The number of carbonyl (C=O) groups is 3. The van der Waals surface area contributed by atoms with Crippen molar-refractivity contribution < 1.29 is 19.1 Å². The van der Waals surface area contributed by atoms with Crippen molar-refractivity contribution in [2.24, 2.45) is 5.41 Å². The summed E-state index contributed by atoms with van der Waals surface area (Å²) in [6.45, 7) is 2.03. The zero-order valence-corrected chi connectivity index (χ0v) is 12.0. The quantitative estimate of drug-likeness (QED) is 0.611. The molecule has 0 bridgehead atoms. The maximum absolute atomic E-state index is 12.3. The number of ketones is 2. The van der Waals surface area contributed by atoms with Crippen LogP contribution in [0.15, 0.2) is 12.3 Å². The second kappa shape index (κ2) is 5.06. The zero-order valence-electron chi connectivity index (χ0n) is 12.0. The van der Waals surface area contributed by atoms with Gasteiger partial charge >= 0.3 is 5.97 Å². The lowest BCUT2D eigenvalue weighted by Gasteiger charge is -2.29. The summed E-state index contributed by atoms with van der Waals surface area (Å²) in [7, 11) is 0. The van der Waals surface area contributed by atoms with Crippen LogP contribution in [0.1, 0.15) is 47.8 Å². The summed E-state index contributed by atoms with van der Waals surface area (Å²) < 4.78 is 4.93. The van der Waals surface area contributed by atoms with Crippen LogP contribution >= 0.6 is 0 Å². The number of rotatable bonds is 2. The summed E-state index contributed by atoms with van der Waals surface area (Å²) >= 11 is 0. The Morgan fingerprint density at radius 1 is 1.24 bits per heavy atom. The number of hydrogen-bond acceptors (Lipinski definition) is 5. The monoisotopic (exact) mass is 287 g/mol. The van der Waals surface area contributed by atoms with E-state index in [4.69, 9.17) is 4.74 Å². The van der Waals surface area contributed by atoms with Gasteiger partial charge in [0.15, 0.2) is 0 Å². The van der Waals surface area contributed by atoms with Crippen LogP contribution in [0.3, 0.4) is 0 Å². The highest BCUT2D eigenvalue weighted by molar-refractivity contribution is 6.10. The maximum atomic E-state index is 12.3. The molecule has 2 aliphatic carbocycles. The molecule has 0 N–H and O–H groups in total. The second-order valence-corrected chi connectivity index (χ2v) is 5.69. The number of nitrogens with zero attached hydrogens (tertiary/aromatic N) is 1. The van der Waals surface area contributed by atoms with Gasteiger partial charge in [0.2, 0.25) is 0 Å². The fourth-order valence-corrected chi connectivity index (χ4v) is 3.32. The topological polar surface area (TPSA) is 73.3 Å². The Morgan fingerprint density at radius 3 is 2.57 bits per heavy atom. The van der Waals surface area contributed by atoms with Crippen LogP contribution in [-0.4, -0.2) is 29.1 Å². The van der Waals surface area contributed by atoms with Crippen LogP contribution in [0.5, 0.6) is 0 Å². The highest BCUT2D eigenvalue weighted by Gasteiger charge is 2.50. The fraction of sp³-hybridized carbons (Fsp3) is 0.500. The molecule has 3 rings (SSSR count). The SMILES string of the molecule is CCOC(=O)c1cc2c(cn1)CC1(C2)C(=O)CCCC1=O. The third kappa shape index (κ3) is 2.17. The minimum absolute atomic E-state index is 0.0348. The molecule has 0 atom stereocenters. The van der Waals surface area contributed by atoms with Gasteiger partial charge in [0.1, 0.15) is 17.3 Å². The van der Waals surface area contributed by atoms with E-state index in [2.05, 4.69) is 4.98 Å². The van der Waals surface area contributed by atoms with E-state index < -0.39 is 11.4 Å². The van der Waals surface area contributed by atoms with Crippen molar-refractivity contribution in [3.05, 3.63) is 29.1 Å². The van der Waals surface area contributed by atoms with Gasteiger partial charge in [-0.1, -0.05) is 0 Å². The highest BCUT2D eigenvalue weighted by atomic mass is 16.5. The van der Waals surface area contributed by atoms with Crippen LogP contribution in [0.25, 0.3) is 0 Å². The van der Waals surface area contributed by atoms with Gasteiger partial charge in [-0.25, -0.2) is 9.78 Å². The van der Waals surface area contributed by atoms with Gasteiger partial charge in [-0.05, 0) is 43.4 Å². The molecular weight excluding hydrogens is 270 g/mol. The van der Waals surface area contributed by atoms with Gasteiger partial charge < -0.3 is 4.74 Å². The lowest BCUT2D eigenvalue weighted by Crippen LogP contribution is -2.43. The third-order valence-electron chi connectivity index (χ3n) is 4.43. The molecule has 5 nitrogen and oxygen atoms in total. The summed E-state index contributed by atoms with van der Waals surface area (Å²) in [4.78, 5) is 40.4. The van der Waals surface area contributed by atoms with Gasteiger partial charge in [0, 0.05) is 19.0 Å². The molecule has 5 heteroatoms. The van der Waals surface area contributed by atoms with Crippen molar-refractivity contribution in [3.8, 4) is 0 Å². The lowest BCUT2D eigenvalue weighted by atomic mass is 9.70. The summed E-state index contributed by atoms with van der Waals surface area (Å²) in [5.74, 6) is -0.400. The number of aromatic nitrogens is 1. The minimum atomic E-state index is -0.893. The van der Waals surface area contributed by atoms with E-state index in [0.717, 1.165) is 11.1 Å². The van der Waals surface area contributed by atoms with Crippen molar-refractivity contribution in [1.82, 2.24) is 4.98 Å². The van der Waals surface area contributed by atoms with E-state index >= 15 is 0 Å². The Labute approximate surface area is 122 Å². The predicted octanol–water partition coefficient (Wildman–Crippen LogP) is 1.67. The predicted molar refractivity (Wildman–Crippen MR) is 73.9 cm³/mol. The molecule has 1 spiro atoms. The molecule has 0 radical (unpaired) electrons. The zero-order chi connectivity index (χ0) is 15.0. The van der Waals surface area contributed by atoms with E-state index in [-0.39, 0.29) is 17.3 Å². The van der Waals surface area contributed by atoms with Crippen molar-refractivity contribution >= 4 is 17.5 Å². The average molecular weight is 287 g/mol. The molecule has 1 aromatic heterocycles. The lowest BCUT2D eigenvalue weighted by molar-refractivity contribution is -0.143. The molecule has 2 aliphatic rings.